The van der Waals surface area contributed by atoms with Crippen molar-refractivity contribution in [1.82, 2.24) is 5.43 Å². The summed E-state index contributed by atoms with van der Waals surface area (Å²) in [4.78, 5) is 14.3. The lowest BCUT2D eigenvalue weighted by molar-refractivity contribution is -0.122. The van der Waals surface area contributed by atoms with Crippen molar-refractivity contribution >= 4 is 17.8 Å². The van der Waals surface area contributed by atoms with Gasteiger partial charge in [0.05, 0.1) is 6.21 Å². The summed E-state index contributed by atoms with van der Waals surface area (Å²) >= 11 is 0. The smallest absolute Gasteiger partial charge is 0.243 e. The van der Waals surface area contributed by atoms with Gasteiger partial charge in [0.2, 0.25) is 5.91 Å². The molecule has 0 aliphatic heterocycles. The van der Waals surface area contributed by atoms with Gasteiger partial charge in [-0.15, -0.1) is 0 Å². The van der Waals surface area contributed by atoms with E-state index < -0.39 is 0 Å². The first-order valence-corrected chi connectivity index (χ1v) is 9.06. The maximum Gasteiger partial charge on any atom is 0.243 e. The molecule has 0 saturated heterocycles. The Morgan fingerprint density at radius 2 is 1.96 bits per heavy atom. The minimum atomic E-state index is 0.0300. The average Bonchev–Trinajstić information content (AvgIpc) is 3.32. The molecule has 0 heterocycles. The van der Waals surface area contributed by atoms with Crippen LogP contribution >= 0.6 is 0 Å². The van der Waals surface area contributed by atoms with Crippen LogP contribution in [0.4, 0.5) is 5.69 Å². The molecular weight excluding hydrogens is 302 g/mol. The molecule has 0 radical (unpaired) electrons. The van der Waals surface area contributed by atoms with Gasteiger partial charge in [-0.2, -0.15) is 5.10 Å². The van der Waals surface area contributed by atoms with Gasteiger partial charge in [0.25, 0.3) is 0 Å². The minimum Gasteiger partial charge on any atom is -0.507 e. The Morgan fingerprint density at radius 1 is 1.29 bits per heavy atom. The lowest BCUT2D eigenvalue weighted by atomic mass is 10.0. The quantitative estimate of drug-likeness (QED) is 0.622. The highest BCUT2D eigenvalue weighted by Crippen LogP contribution is 2.55. The van der Waals surface area contributed by atoms with Crippen LogP contribution in [0.3, 0.4) is 0 Å². The first kappa shape index (κ1) is 16.8. The number of aromatic hydroxyl groups is 1. The highest BCUT2D eigenvalue weighted by molar-refractivity contribution is 5.87. The van der Waals surface area contributed by atoms with Crippen molar-refractivity contribution in [2.45, 2.75) is 39.5 Å². The SMILES string of the molecule is CCN(CC)c1ccc(/C=N\NC(=O)C2[C@H]3CCCC[C@H]23)c(O)c1. The number of carbonyl (C=O) groups is 1. The molecule has 5 nitrogen and oxygen atoms in total. The zero-order valence-electron chi connectivity index (χ0n) is 14.5. The molecule has 2 aliphatic carbocycles. The number of hydrazone groups is 1. The molecule has 2 aliphatic rings. The number of hydrogen-bond donors (Lipinski definition) is 2. The van der Waals surface area contributed by atoms with Crippen molar-refractivity contribution in [2.75, 3.05) is 18.0 Å². The summed E-state index contributed by atoms with van der Waals surface area (Å²) < 4.78 is 0. The number of phenols is 1. The Bertz CT molecular complexity index is 613. The van der Waals surface area contributed by atoms with E-state index in [1.54, 1.807) is 6.07 Å². The lowest BCUT2D eigenvalue weighted by Gasteiger charge is -2.21. The van der Waals surface area contributed by atoms with Crippen LogP contribution in [0.15, 0.2) is 23.3 Å². The van der Waals surface area contributed by atoms with Gasteiger partial charge in [-0.25, -0.2) is 5.43 Å². The number of carbonyl (C=O) groups excluding carboxylic acids is 1. The number of rotatable bonds is 6. The van der Waals surface area contributed by atoms with Gasteiger partial charge in [-0.05, 0) is 50.7 Å². The zero-order chi connectivity index (χ0) is 17.1. The van der Waals surface area contributed by atoms with Crippen LogP contribution in [0, 0.1) is 17.8 Å². The molecule has 1 aromatic rings. The second kappa shape index (κ2) is 7.24. The summed E-state index contributed by atoms with van der Waals surface area (Å²) in [5.74, 6) is 1.52. The van der Waals surface area contributed by atoms with E-state index >= 15 is 0 Å². The van der Waals surface area contributed by atoms with Crippen molar-refractivity contribution in [3.05, 3.63) is 23.8 Å². The molecule has 0 spiro atoms. The predicted molar refractivity (Wildman–Crippen MR) is 96.3 cm³/mol. The van der Waals surface area contributed by atoms with E-state index in [9.17, 15) is 9.90 Å². The first-order valence-electron chi connectivity index (χ1n) is 9.06. The van der Waals surface area contributed by atoms with Crippen molar-refractivity contribution < 1.29 is 9.90 Å². The number of nitrogens with zero attached hydrogens (tertiary/aromatic N) is 2. The predicted octanol–water partition coefficient (Wildman–Crippen LogP) is 3.12. The summed E-state index contributed by atoms with van der Waals surface area (Å²) in [5, 5.41) is 14.2. The van der Waals surface area contributed by atoms with Crippen LogP contribution in [0.5, 0.6) is 5.75 Å². The van der Waals surface area contributed by atoms with Gasteiger partial charge in [-0.3, -0.25) is 4.79 Å². The standard InChI is InChI=1S/C19H27N3O2/c1-3-22(4-2)14-10-9-13(17(23)11-14)12-20-21-19(24)18-15-7-5-6-8-16(15)18/h9-12,15-16,18,23H,3-8H2,1-2H3,(H,21,24)/b20-12-/t15-,16-/m0/s1. The second-order valence-electron chi connectivity index (χ2n) is 6.79. The van der Waals surface area contributed by atoms with Gasteiger partial charge in [0.1, 0.15) is 5.75 Å². The fourth-order valence-corrected chi connectivity index (χ4v) is 4.05. The highest BCUT2D eigenvalue weighted by atomic mass is 16.3. The third-order valence-corrected chi connectivity index (χ3v) is 5.48. The number of fused-ring (bicyclic) bond motifs is 1. The molecule has 24 heavy (non-hydrogen) atoms. The molecule has 0 unspecified atom stereocenters. The minimum absolute atomic E-state index is 0.0300. The number of anilines is 1. The molecular formula is C19H27N3O2. The average molecular weight is 329 g/mol. The Morgan fingerprint density at radius 3 is 2.54 bits per heavy atom. The third-order valence-electron chi connectivity index (χ3n) is 5.48. The number of amides is 1. The largest absolute Gasteiger partial charge is 0.507 e. The van der Waals surface area contributed by atoms with Crippen molar-refractivity contribution in [1.29, 1.82) is 0 Å². The van der Waals surface area contributed by atoms with Gasteiger partial charge in [0, 0.05) is 36.3 Å². The first-order chi connectivity index (χ1) is 11.7. The van der Waals surface area contributed by atoms with E-state index in [4.69, 9.17) is 0 Å². The van der Waals surface area contributed by atoms with Gasteiger partial charge < -0.3 is 10.0 Å². The number of nitrogens with one attached hydrogen (secondary N) is 1. The summed E-state index contributed by atoms with van der Waals surface area (Å²) in [5.41, 5.74) is 4.24. The molecule has 0 bridgehead atoms. The van der Waals surface area contributed by atoms with Gasteiger partial charge in [-0.1, -0.05) is 12.8 Å². The van der Waals surface area contributed by atoms with Crippen molar-refractivity contribution in [2.24, 2.45) is 22.9 Å². The Balaban J connectivity index is 1.57. The molecule has 130 valence electrons. The summed E-state index contributed by atoms with van der Waals surface area (Å²) in [6.07, 6.45) is 6.38. The van der Waals surface area contributed by atoms with Crippen LogP contribution in [-0.2, 0) is 4.79 Å². The van der Waals surface area contributed by atoms with E-state index in [-0.39, 0.29) is 17.6 Å². The molecule has 0 aromatic heterocycles. The molecule has 2 atom stereocenters. The van der Waals surface area contributed by atoms with E-state index in [0.29, 0.717) is 17.4 Å². The Hall–Kier alpha value is -2.04. The molecule has 2 saturated carbocycles. The third kappa shape index (κ3) is 3.40. The molecule has 3 rings (SSSR count). The Labute approximate surface area is 143 Å². The monoisotopic (exact) mass is 329 g/mol. The van der Waals surface area contributed by atoms with Crippen LogP contribution in [0.25, 0.3) is 0 Å². The number of phenolic OH excluding ortho intramolecular Hbond substituents is 1. The van der Waals surface area contributed by atoms with Gasteiger partial charge in [0.15, 0.2) is 0 Å². The molecule has 2 fully saturated rings. The van der Waals surface area contributed by atoms with E-state index in [1.165, 1.54) is 31.9 Å². The maximum atomic E-state index is 12.2. The van der Waals surface area contributed by atoms with E-state index in [2.05, 4.69) is 29.3 Å². The number of hydrogen-bond acceptors (Lipinski definition) is 4. The molecule has 2 N–H and O–H groups in total. The van der Waals surface area contributed by atoms with Crippen LogP contribution in [0.1, 0.15) is 45.1 Å². The Kier molecular flexibility index (Phi) is 5.07. The fraction of sp³-hybridized carbons (Fsp3) is 0.579. The highest BCUT2D eigenvalue weighted by Gasteiger charge is 2.54. The normalized spacial score (nSPS) is 25.3. The maximum absolute atomic E-state index is 12.2. The zero-order valence-corrected chi connectivity index (χ0v) is 14.5. The van der Waals surface area contributed by atoms with Crippen molar-refractivity contribution in [3.8, 4) is 5.75 Å². The number of benzene rings is 1. The van der Waals surface area contributed by atoms with Crippen LogP contribution in [-0.4, -0.2) is 30.3 Å². The molecule has 5 heteroatoms. The second-order valence-corrected chi connectivity index (χ2v) is 6.79. The molecule has 1 amide bonds. The topological polar surface area (TPSA) is 64.9 Å². The summed E-state index contributed by atoms with van der Waals surface area (Å²) in [7, 11) is 0. The summed E-state index contributed by atoms with van der Waals surface area (Å²) in [6, 6.07) is 5.53. The summed E-state index contributed by atoms with van der Waals surface area (Å²) in [6.45, 7) is 5.95. The van der Waals surface area contributed by atoms with Crippen LogP contribution in [0.2, 0.25) is 0 Å². The molecule has 1 aromatic carbocycles. The van der Waals surface area contributed by atoms with Gasteiger partial charge >= 0.3 is 0 Å². The van der Waals surface area contributed by atoms with Crippen molar-refractivity contribution in [3.63, 3.8) is 0 Å². The van der Waals surface area contributed by atoms with E-state index in [0.717, 1.165) is 18.8 Å². The lowest BCUT2D eigenvalue weighted by Crippen LogP contribution is -2.21. The van der Waals surface area contributed by atoms with E-state index in [1.807, 2.05) is 12.1 Å². The van der Waals surface area contributed by atoms with Crippen LogP contribution < -0.4 is 10.3 Å². The fourth-order valence-electron chi connectivity index (χ4n) is 4.05.